The predicted octanol–water partition coefficient (Wildman–Crippen LogP) is 5.19. The number of carbonyl (C=O) groups is 2. The molecule has 34 heavy (non-hydrogen) atoms. The van der Waals surface area contributed by atoms with E-state index in [-0.39, 0.29) is 11.8 Å². The number of rotatable bonds is 6. The summed E-state index contributed by atoms with van der Waals surface area (Å²) in [6.45, 7) is 3.20. The Balaban J connectivity index is 1.47. The summed E-state index contributed by atoms with van der Waals surface area (Å²) in [5, 5.41) is 8.97. The minimum atomic E-state index is -0.0253. The standard InChI is InChI=1S/C24H32N6O2S2/c1-15(31)29(27(3)17-9-5-6-10-17)23-25-19-13-20-22(14-21(19)33-23)34-24(26-20)30(16(2)32)28(4)18-11-7-8-12-18/h13-14,17-18H,5-12H2,1-4H3. The number of hydrogen-bond donors (Lipinski definition) is 0. The van der Waals surface area contributed by atoms with Gasteiger partial charge in [0.15, 0.2) is 0 Å². The fraction of sp³-hybridized carbons (Fsp3) is 0.583. The predicted molar refractivity (Wildman–Crippen MR) is 139 cm³/mol. The zero-order chi connectivity index (χ0) is 24.0. The van der Waals surface area contributed by atoms with Gasteiger partial charge in [-0.1, -0.05) is 48.4 Å². The Bertz CT molecular complexity index is 1070. The van der Waals surface area contributed by atoms with Crippen LogP contribution in [0.25, 0.3) is 20.4 Å². The molecule has 0 bridgehead atoms. The third-order valence-electron chi connectivity index (χ3n) is 7.17. The van der Waals surface area contributed by atoms with Crippen molar-refractivity contribution in [2.45, 2.75) is 77.3 Å². The summed E-state index contributed by atoms with van der Waals surface area (Å²) in [7, 11) is 3.99. The van der Waals surface area contributed by atoms with Crippen LogP contribution in [0.3, 0.4) is 0 Å². The second-order valence-electron chi connectivity index (χ2n) is 9.47. The molecular formula is C24H32N6O2S2. The first-order valence-corrected chi connectivity index (χ1v) is 13.7. The Morgan fingerprint density at radius 1 is 0.735 bits per heavy atom. The Hall–Kier alpha value is -2.14. The molecule has 0 saturated heterocycles. The highest BCUT2D eigenvalue weighted by Crippen LogP contribution is 2.38. The first kappa shape index (κ1) is 23.6. The van der Waals surface area contributed by atoms with Crippen LogP contribution in [-0.2, 0) is 9.59 Å². The third kappa shape index (κ3) is 4.32. The van der Waals surface area contributed by atoms with E-state index in [0.29, 0.717) is 22.3 Å². The van der Waals surface area contributed by atoms with E-state index < -0.39 is 0 Å². The Morgan fingerprint density at radius 2 is 1.12 bits per heavy atom. The van der Waals surface area contributed by atoms with Crippen molar-refractivity contribution >= 4 is 65.2 Å². The van der Waals surface area contributed by atoms with Gasteiger partial charge in [0.1, 0.15) is 0 Å². The van der Waals surface area contributed by atoms with Crippen LogP contribution in [0.15, 0.2) is 12.1 Å². The molecule has 0 unspecified atom stereocenters. The van der Waals surface area contributed by atoms with Crippen LogP contribution in [0.1, 0.15) is 65.2 Å². The second-order valence-corrected chi connectivity index (χ2v) is 11.5. The number of amides is 2. The molecule has 2 fully saturated rings. The number of nitrogens with zero attached hydrogens (tertiary/aromatic N) is 6. The summed E-state index contributed by atoms with van der Waals surface area (Å²) >= 11 is 3.05. The monoisotopic (exact) mass is 500 g/mol. The zero-order valence-corrected chi connectivity index (χ0v) is 21.9. The number of hydrogen-bond acceptors (Lipinski definition) is 8. The van der Waals surface area contributed by atoms with Crippen molar-refractivity contribution < 1.29 is 9.59 Å². The summed E-state index contributed by atoms with van der Waals surface area (Å²) in [6.07, 6.45) is 9.25. The minimum Gasteiger partial charge on any atom is -0.273 e. The Labute approximate surface area is 208 Å². The molecule has 0 spiro atoms. The normalized spacial score (nSPS) is 17.6. The summed E-state index contributed by atoms with van der Waals surface area (Å²) < 4.78 is 2.03. The maximum Gasteiger partial charge on any atom is 0.240 e. The highest BCUT2D eigenvalue weighted by Gasteiger charge is 2.30. The SMILES string of the molecule is CC(=O)N(c1nc2cc3nc(N(C(C)=O)N(C)C4CCCC4)sc3cc2s1)N(C)C1CCCC1. The van der Waals surface area contributed by atoms with Gasteiger partial charge in [0.25, 0.3) is 0 Å². The molecule has 3 aromatic rings. The van der Waals surface area contributed by atoms with Gasteiger partial charge in [-0.3, -0.25) is 9.59 Å². The molecule has 8 nitrogen and oxygen atoms in total. The number of fused-ring (bicyclic) bond motifs is 2. The molecule has 10 heteroatoms. The van der Waals surface area contributed by atoms with Gasteiger partial charge in [-0.15, -0.1) is 0 Å². The van der Waals surface area contributed by atoms with Gasteiger partial charge in [0.2, 0.25) is 22.1 Å². The lowest BCUT2D eigenvalue weighted by Crippen LogP contribution is -2.48. The molecule has 5 rings (SSSR count). The highest BCUT2D eigenvalue weighted by atomic mass is 32.1. The van der Waals surface area contributed by atoms with Gasteiger partial charge in [-0.25, -0.2) is 30.0 Å². The number of anilines is 2. The summed E-state index contributed by atoms with van der Waals surface area (Å²) in [5.74, 6) is -0.0505. The lowest BCUT2D eigenvalue weighted by Gasteiger charge is -2.33. The van der Waals surface area contributed by atoms with Crippen molar-refractivity contribution in [3.05, 3.63) is 12.1 Å². The highest BCUT2D eigenvalue weighted by molar-refractivity contribution is 7.24. The molecule has 2 aliphatic carbocycles. The van der Waals surface area contributed by atoms with Gasteiger partial charge < -0.3 is 0 Å². The van der Waals surface area contributed by atoms with Crippen molar-refractivity contribution in [2.75, 3.05) is 24.1 Å². The quantitative estimate of drug-likeness (QED) is 0.434. The van der Waals surface area contributed by atoms with Gasteiger partial charge in [0, 0.05) is 40.0 Å². The first-order chi connectivity index (χ1) is 16.3. The summed E-state index contributed by atoms with van der Waals surface area (Å²) in [6, 6.07) is 4.82. The fourth-order valence-electron chi connectivity index (χ4n) is 5.37. The van der Waals surface area contributed by atoms with E-state index in [1.807, 2.05) is 20.2 Å². The van der Waals surface area contributed by atoms with Crippen molar-refractivity contribution in [1.82, 2.24) is 20.0 Å². The number of aromatic nitrogens is 2. The van der Waals surface area contributed by atoms with E-state index in [4.69, 9.17) is 9.97 Å². The Kier molecular flexibility index (Phi) is 6.58. The topological polar surface area (TPSA) is 72.9 Å². The van der Waals surface area contributed by atoms with E-state index in [2.05, 4.69) is 16.1 Å². The van der Waals surface area contributed by atoms with Crippen molar-refractivity contribution in [2.24, 2.45) is 0 Å². The fourth-order valence-corrected chi connectivity index (χ4v) is 7.59. The van der Waals surface area contributed by atoms with Crippen LogP contribution in [0, 0.1) is 0 Å². The first-order valence-electron chi connectivity index (χ1n) is 12.1. The molecule has 0 N–H and O–H groups in total. The summed E-state index contributed by atoms with van der Waals surface area (Å²) in [4.78, 5) is 34.8. The summed E-state index contributed by atoms with van der Waals surface area (Å²) in [5.41, 5.74) is 1.66. The zero-order valence-electron chi connectivity index (χ0n) is 20.3. The van der Waals surface area contributed by atoms with E-state index in [0.717, 1.165) is 46.1 Å². The number of hydrazine groups is 2. The van der Waals surface area contributed by atoms with Crippen molar-refractivity contribution in [3.8, 4) is 0 Å². The second kappa shape index (κ2) is 9.49. The molecule has 2 saturated carbocycles. The molecule has 182 valence electrons. The number of thiazole rings is 2. The number of carbonyl (C=O) groups excluding carboxylic acids is 2. The molecule has 0 atom stereocenters. The maximum atomic E-state index is 12.6. The molecule has 2 heterocycles. The van der Waals surface area contributed by atoms with Crippen molar-refractivity contribution in [1.29, 1.82) is 0 Å². The maximum absolute atomic E-state index is 12.6. The van der Waals surface area contributed by atoms with Gasteiger partial charge >= 0.3 is 0 Å². The smallest absolute Gasteiger partial charge is 0.240 e. The molecule has 2 amide bonds. The molecular weight excluding hydrogens is 468 g/mol. The van der Waals surface area contributed by atoms with E-state index in [1.165, 1.54) is 48.4 Å². The Morgan fingerprint density at radius 3 is 1.47 bits per heavy atom. The third-order valence-corrected chi connectivity index (χ3v) is 9.16. The van der Waals surface area contributed by atoms with Crippen LogP contribution in [0.4, 0.5) is 10.3 Å². The lowest BCUT2D eigenvalue weighted by molar-refractivity contribution is -0.120. The number of benzene rings is 1. The van der Waals surface area contributed by atoms with Gasteiger partial charge in [0.05, 0.1) is 20.4 Å². The van der Waals surface area contributed by atoms with Crippen LogP contribution in [0.5, 0.6) is 0 Å². The van der Waals surface area contributed by atoms with Crippen LogP contribution in [-0.4, -0.2) is 58.0 Å². The largest absolute Gasteiger partial charge is 0.273 e. The molecule has 2 aromatic heterocycles. The molecule has 0 radical (unpaired) electrons. The van der Waals surface area contributed by atoms with Crippen molar-refractivity contribution in [3.63, 3.8) is 0 Å². The average molecular weight is 501 g/mol. The van der Waals surface area contributed by atoms with Crippen LogP contribution < -0.4 is 10.0 Å². The van der Waals surface area contributed by atoms with Crippen LogP contribution in [0.2, 0.25) is 0 Å². The van der Waals surface area contributed by atoms with E-state index >= 15 is 0 Å². The van der Waals surface area contributed by atoms with E-state index in [1.54, 1.807) is 23.9 Å². The van der Waals surface area contributed by atoms with Gasteiger partial charge in [-0.05, 0) is 37.8 Å². The van der Waals surface area contributed by atoms with E-state index in [9.17, 15) is 9.59 Å². The lowest BCUT2D eigenvalue weighted by atomic mass is 10.2. The molecule has 0 aliphatic heterocycles. The molecule has 1 aromatic carbocycles. The van der Waals surface area contributed by atoms with Crippen LogP contribution >= 0.6 is 22.7 Å². The van der Waals surface area contributed by atoms with Gasteiger partial charge in [-0.2, -0.15) is 0 Å². The molecule has 2 aliphatic rings. The average Bonchev–Trinajstić information content (AvgIpc) is 3.58. The minimum absolute atomic E-state index is 0.0253.